The summed E-state index contributed by atoms with van der Waals surface area (Å²) in [6, 6.07) is 8.34. The van der Waals surface area contributed by atoms with Crippen LogP contribution in [0, 0.1) is 5.82 Å². The van der Waals surface area contributed by atoms with Gasteiger partial charge in [0, 0.05) is 11.8 Å². The fraction of sp³-hybridized carbons (Fsp3) is 0. The van der Waals surface area contributed by atoms with Gasteiger partial charge >= 0.3 is 12.2 Å². The highest BCUT2D eigenvalue weighted by molar-refractivity contribution is 7.12. The number of fused-ring (bicyclic) bond motifs is 1. The Labute approximate surface area is 171 Å². The normalized spacial score (nSPS) is 10.8. The number of anilines is 1. The summed E-state index contributed by atoms with van der Waals surface area (Å²) in [6.07, 6.45) is -0.908. The van der Waals surface area contributed by atoms with Crippen LogP contribution in [0.5, 0.6) is 0 Å². The van der Waals surface area contributed by atoms with Crippen LogP contribution in [-0.2, 0) is 0 Å². The minimum Gasteiger partial charge on any atom is -0.464 e. The standard InChI is InChI=1S/C19H11FN4O5S/c20-12-4-3-10(8-14(12)23(18(26)27)19(28)29)13-5-6-21-17-11(9-22-24(13)17)16(25)15-2-1-7-30-15/h1-9H,(H,26,27)(H,28,29). The van der Waals surface area contributed by atoms with Gasteiger partial charge in [-0.25, -0.2) is 23.5 Å². The smallest absolute Gasteiger partial charge is 0.421 e. The number of benzene rings is 1. The van der Waals surface area contributed by atoms with Crippen LogP contribution < -0.4 is 4.90 Å². The van der Waals surface area contributed by atoms with E-state index in [1.54, 1.807) is 17.5 Å². The van der Waals surface area contributed by atoms with Crippen molar-refractivity contribution >= 4 is 40.6 Å². The van der Waals surface area contributed by atoms with Gasteiger partial charge in [-0.15, -0.1) is 11.3 Å². The molecule has 1 aromatic carbocycles. The molecule has 0 bridgehead atoms. The number of carboxylic acid groups (broad SMARTS) is 2. The van der Waals surface area contributed by atoms with Gasteiger partial charge in [0.15, 0.2) is 5.65 Å². The molecule has 30 heavy (non-hydrogen) atoms. The lowest BCUT2D eigenvalue weighted by molar-refractivity contribution is 0.104. The van der Waals surface area contributed by atoms with E-state index in [0.29, 0.717) is 10.6 Å². The van der Waals surface area contributed by atoms with Crippen molar-refractivity contribution in [1.29, 1.82) is 0 Å². The lowest BCUT2D eigenvalue weighted by Crippen LogP contribution is -2.35. The van der Waals surface area contributed by atoms with Crippen LogP contribution in [0.1, 0.15) is 15.2 Å². The molecule has 0 saturated carbocycles. The second-order valence-electron chi connectivity index (χ2n) is 6.00. The second-order valence-corrected chi connectivity index (χ2v) is 6.94. The van der Waals surface area contributed by atoms with Crippen molar-refractivity contribution in [2.45, 2.75) is 0 Å². The number of carbonyl (C=O) groups is 3. The predicted molar refractivity (Wildman–Crippen MR) is 105 cm³/mol. The van der Waals surface area contributed by atoms with E-state index in [1.165, 1.54) is 40.4 Å². The molecule has 0 aliphatic heterocycles. The van der Waals surface area contributed by atoms with E-state index < -0.39 is 23.7 Å². The number of rotatable bonds is 4. The Balaban J connectivity index is 1.85. The maximum atomic E-state index is 14.2. The van der Waals surface area contributed by atoms with E-state index in [1.807, 2.05) is 0 Å². The minimum atomic E-state index is -1.85. The quantitative estimate of drug-likeness (QED) is 0.473. The average Bonchev–Trinajstić information content (AvgIpc) is 3.38. The van der Waals surface area contributed by atoms with E-state index in [-0.39, 0.29) is 27.5 Å². The molecule has 0 fully saturated rings. The molecular weight excluding hydrogens is 415 g/mol. The van der Waals surface area contributed by atoms with Crippen LogP contribution in [0.15, 0.2) is 54.2 Å². The van der Waals surface area contributed by atoms with Gasteiger partial charge in [-0.2, -0.15) is 10.00 Å². The summed E-state index contributed by atoms with van der Waals surface area (Å²) >= 11 is 1.28. The molecule has 2 amide bonds. The van der Waals surface area contributed by atoms with Crippen LogP contribution in [0.25, 0.3) is 16.9 Å². The average molecular weight is 426 g/mol. The number of hydrogen-bond donors (Lipinski definition) is 2. The Morgan fingerprint density at radius 1 is 1.10 bits per heavy atom. The van der Waals surface area contributed by atoms with Crippen molar-refractivity contribution in [2.75, 3.05) is 4.90 Å². The number of ketones is 1. The lowest BCUT2D eigenvalue weighted by Gasteiger charge is -2.15. The molecule has 0 aliphatic carbocycles. The zero-order valence-electron chi connectivity index (χ0n) is 14.9. The first-order valence-electron chi connectivity index (χ1n) is 8.35. The van der Waals surface area contributed by atoms with Crippen molar-refractivity contribution in [3.05, 3.63) is 70.4 Å². The molecule has 0 unspecified atom stereocenters. The van der Waals surface area contributed by atoms with E-state index in [4.69, 9.17) is 10.2 Å². The highest BCUT2D eigenvalue weighted by Crippen LogP contribution is 2.29. The van der Waals surface area contributed by atoms with Gasteiger partial charge in [0.05, 0.1) is 28.0 Å². The topological polar surface area (TPSA) is 125 Å². The first-order chi connectivity index (χ1) is 14.4. The largest absolute Gasteiger partial charge is 0.464 e. The summed E-state index contributed by atoms with van der Waals surface area (Å²) in [5.41, 5.74) is 0.510. The van der Waals surface area contributed by atoms with Crippen LogP contribution in [0.2, 0.25) is 0 Å². The molecule has 0 radical (unpaired) electrons. The van der Waals surface area contributed by atoms with Crippen molar-refractivity contribution in [1.82, 2.24) is 14.6 Å². The zero-order chi connectivity index (χ0) is 21.4. The minimum absolute atomic E-state index is 0.119. The van der Waals surface area contributed by atoms with Gasteiger partial charge in [0.25, 0.3) is 0 Å². The fourth-order valence-electron chi connectivity index (χ4n) is 2.94. The number of halogens is 1. The lowest BCUT2D eigenvalue weighted by atomic mass is 10.1. The third-order valence-electron chi connectivity index (χ3n) is 4.26. The Morgan fingerprint density at radius 3 is 2.53 bits per heavy atom. The third-order valence-corrected chi connectivity index (χ3v) is 5.12. The molecule has 3 aromatic heterocycles. The number of carbonyl (C=O) groups excluding carboxylic acids is 1. The molecule has 0 atom stereocenters. The van der Waals surface area contributed by atoms with Gasteiger partial charge in [-0.3, -0.25) is 4.79 Å². The SMILES string of the molecule is O=C(c1cccs1)c1cnn2c(-c3ccc(F)c(N(C(=O)O)C(=O)O)c3)ccnc12. The van der Waals surface area contributed by atoms with Crippen LogP contribution in [0.3, 0.4) is 0 Å². The molecule has 3 heterocycles. The fourth-order valence-corrected chi connectivity index (χ4v) is 3.62. The van der Waals surface area contributed by atoms with Gasteiger partial charge in [0.1, 0.15) is 5.82 Å². The summed E-state index contributed by atoms with van der Waals surface area (Å²) in [5.74, 6) is -1.28. The predicted octanol–water partition coefficient (Wildman–Crippen LogP) is 3.99. The summed E-state index contributed by atoms with van der Waals surface area (Å²) in [6.45, 7) is 0. The van der Waals surface area contributed by atoms with Crippen molar-refractivity contribution in [3.8, 4) is 11.3 Å². The van der Waals surface area contributed by atoms with E-state index >= 15 is 0 Å². The molecule has 0 saturated heterocycles. The number of thiophene rings is 1. The highest BCUT2D eigenvalue weighted by atomic mass is 32.1. The number of nitrogens with zero attached hydrogens (tertiary/aromatic N) is 4. The van der Waals surface area contributed by atoms with Crippen LogP contribution >= 0.6 is 11.3 Å². The third kappa shape index (κ3) is 3.16. The maximum Gasteiger partial charge on any atom is 0.421 e. The molecule has 11 heteroatoms. The Bertz CT molecular complexity index is 1290. The number of aromatic nitrogens is 3. The van der Waals surface area contributed by atoms with Gasteiger partial charge < -0.3 is 10.2 Å². The molecule has 2 N–H and O–H groups in total. The maximum absolute atomic E-state index is 14.2. The van der Waals surface area contributed by atoms with Crippen LogP contribution in [-0.4, -0.2) is 42.8 Å². The first kappa shape index (κ1) is 19.2. The summed E-state index contributed by atoms with van der Waals surface area (Å²) in [5, 5.41) is 24.2. The zero-order valence-corrected chi connectivity index (χ0v) is 15.7. The first-order valence-corrected chi connectivity index (χ1v) is 9.23. The van der Waals surface area contributed by atoms with Crippen LogP contribution in [0.4, 0.5) is 19.7 Å². The van der Waals surface area contributed by atoms with E-state index in [9.17, 15) is 18.8 Å². The second kappa shape index (κ2) is 7.37. The van der Waals surface area contributed by atoms with Crippen molar-refractivity contribution in [2.24, 2.45) is 0 Å². The summed E-state index contributed by atoms with van der Waals surface area (Å²) in [7, 11) is 0. The van der Waals surface area contributed by atoms with E-state index in [0.717, 1.165) is 12.1 Å². The number of hydrogen-bond acceptors (Lipinski definition) is 6. The van der Waals surface area contributed by atoms with Crippen molar-refractivity contribution in [3.63, 3.8) is 0 Å². The summed E-state index contributed by atoms with van der Waals surface area (Å²) in [4.78, 5) is 39.8. The number of amides is 2. The highest BCUT2D eigenvalue weighted by Gasteiger charge is 2.26. The molecule has 0 spiro atoms. The molecule has 150 valence electrons. The Kier molecular flexibility index (Phi) is 4.72. The van der Waals surface area contributed by atoms with Crippen molar-refractivity contribution < 1.29 is 29.0 Å². The molecule has 4 rings (SSSR count). The Morgan fingerprint density at radius 2 is 1.87 bits per heavy atom. The Hall–Kier alpha value is -4.12. The van der Waals surface area contributed by atoms with Gasteiger partial charge in [0.2, 0.25) is 5.78 Å². The monoisotopic (exact) mass is 426 g/mol. The molecular formula is C19H11FN4O5S. The van der Waals surface area contributed by atoms with Gasteiger partial charge in [-0.1, -0.05) is 6.07 Å². The van der Waals surface area contributed by atoms with Gasteiger partial charge in [-0.05, 0) is 35.7 Å². The molecule has 4 aromatic rings. The molecule has 9 nitrogen and oxygen atoms in total. The molecule has 0 aliphatic rings. The summed E-state index contributed by atoms with van der Waals surface area (Å²) < 4.78 is 15.5. The van der Waals surface area contributed by atoms with E-state index in [2.05, 4.69) is 10.1 Å². The number of imide groups is 1.